The monoisotopic (exact) mass is 239 g/mol. The fourth-order valence-electron chi connectivity index (χ4n) is 1.46. The van der Waals surface area contributed by atoms with E-state index in [1.807, 2.05) is 30.2 Å². The van der Waals surface area contributed by atoms with Gasteiger partial charge in [0.25, 0.3) is 0 Å². The zero-order valence-electron chi connectivity index (χ0n) is 9.98. The van der Waals surface area contributed by atoms with E-state index in [9.17, 15) is 0 Å². The topological polar surface area (TPSA) is 29.9 Å². The van der Waals surface area contributed by atoms with Crippen molar-refractivity contribution in [2.24, 2.45) is 0 Å². The number of hydrogen-bond donors (Lipinski definition) is 1. The highest BCUT2D eigenvalue weighted by Crippen LogP contribution is 2.00. The van der Waals surface area contributed by atoms with Gasteiger partial charge in [-0.25, -0.2) is 4.98 Å². The van der Waals surface area contributed by atoms with Crippen LogP contribution in [0.25, 0.3) is 0 Å². The van der Waals surface area contributed by atoms with E-state index in [0.717, 1.165) is 43.4 Å². The molecule has 0 saturated carbocycles. The van der Waals surface area contributed by atoms with Gasteiger partial charge in [0, 0.05) is 37.0 Å². The third kappa shape index (κ3) is 4.86. The molecule has 0 bridgehead atoms. The van der Waals surface area contributed by atoms with Gasteiger partial charge in [-0.15, -0.1) is 6.58 Å². The van der Waals surface area contributed by atoms with Crippen molar-refractivity contribution in [1.29, 1.82) is 0 Å². The van der Waals surface area contributed by atoms with Crippen LogP contribution in [0, 0.1) is 0 Å². The Labute approximate surface area is 102 Å². The molecule has 16 heavy (non-hydrogen) atoms. The number of aromatic nitrogens is 2. The van der Waals surface area contributed by atoms with E-state index >= 15 is 0 Å². The summed E-state index contributed by atoms with van der Waals surface area (Å²) >= 11 is 1.90. The van der Waals surface area contributed by atoms with Crippen LogP contribution in [0.5, 0.6) is 0 Å². The minimum atomic E-state index is 0.863. The average molecular weight is 239 g/mol. The first-order chi connectivity index (χ1) is 7.88. The van der Waals surface area contributed by atoms with E-state index in [2.05, 4.69) is 28.4 Å². The highest BCUT2D eigenvalue weighted by Gasteiger charge is 2.00. The second-order valence-electron chi connectivity index (χ2n) is 3.58. The Morgan fingerprint density at radius 3 is 3.25 bits per heavy atom. The molecule has 0 aromatic carbocycles. The Morgan fingerprint density at radius 2 is 2.50 bits per heavy atom. The van der Waals surface area contributed by atoms with Gasteiger partial charge in [-0.05, 0) is 6.42 Å². The number of hydrogen-bond acceptors (Lipinski definition) is 3. The summed E-state index contributed by atoms with van der Waals surface area (Å²) in [4.78, 5) is 4.35. The highest BCUT2D eigenvalue weighted by molar-refractivity contribution is 7.99. The summed E-state index contributed by atoms with van der Waals surface area (Å²) in [5.41, 5.74) is 0. The van der Waals surface area contributed by atoms with Crippen LogP contribution < -0.4 is 5.32 Å². The molecule has 0 fully saturated rings. The lowest BCUT2D eigenvalue weighted by Crippen LogP contribution is -2.19. The molecule has 1 aromatic rings. The van der Waals surface area contributed by atoms with E-state index < -0.39 is 0 Å². The van der Waals surface area contributed by atoms with Gasteiger partial charge in [-0.1, -0.05) is 13.0 Å². The lowest BCUT2D eigenvalue weighted by atomic mass is 10.4. The molecule has 0 aliphatic heterocycles. The molecule has 0 radical (unpaired) electrons. The number of thioether (sulfide) groups is 1. The fourth-order valence-corrected chi connectivity index (χ4v) is 2.08. The minimum Gasteiger partial charge on any atom is -0.334 e. The van der Waals surface area contributed by atoms with E-state index in [0.29, 0.717) is 0 Å². The van der Waals surface area contributed by atoms with Gasteiger partial charge in [0.05, 0.1) is 6.54 Å². The molecule has 1 N–H and O–H groups in total. The molecule has 0 atom stereocenters. The van der Waals surface area contributed by atoms with Crippen LogP contribution in [-0.4, -0.2) is 27.6 Å². The van der Waals surface area contributed by atoms with Crippen LogP contribution in [0.1, 0.15) is 19.2 Å². The van der Waals surface area contributed by atoms with Gasteiger partial charge >= 0.3 is 0 Å². The molecule has 4 heteroatoms. The van der Waals surface area contributed by atoms with E-state index in [1.165, 1.54) is 0 Å². The zero-order chi connectivity index (χ0) is 11.6. The van der Waals surface area contributed by atoms with Crippen LogP contribution in [0.15, 0.2) is 25.0 Å². The van der Waals surface area contributed by atoms with E-state index in [4.69, 9.17) is 0 Å². The molecule has 0 aliphatic carbocycles. The number of aryl methyl sites for hydroxylation is 1. The summed E-state index contributed by atoms with van der Waals surface area (Å²) in [7, 11) is 0. The van der Waals surface area contributed by atoms with Crippen molar-refractivity contribution in [1.82, 2.24) is 14.9 Å². The summed E-state index contributed by atoms with van der Waals surface area (Å²) in [6, 6.07) is 0. The number of nitrogens with zero attached hydrogens (tertiary/aromatic N) is 2. The van der Waals surface area contributed by atoms with Crippen molar-refractivity contribution in [2.45, 2.75) is 26.4 Å². The summed E-state index contributed by atoms with van der Waals surface area (Å²) in [5, 5.41) is 3.41. The second kappa shape index (κ2) is 8.42. The molecule has 1 aromatic heterocycles. The Hall–Kier alpha value is -0.740. The average Bonchev–Trinajstić information content (AvgIpc) is 2.72. The van der Waals surface area contributed by atoms with Crippen molar-refractivity contribution in [3.63, 3.8) is 0 Å². The summed E-state index contributed by atoms with van der Waals surface area (Å²) in [6.45, 7) is 8.83. The standard InChI is InChI=1S/C12H21N3S/c1-3-7-15-8-5-14-12(15)11-13-6-10-16-9-4-2/h4-5,8,13H,2-3,6-7,9-11H2,1H3. The Morgan fingerprint density at radius 1 is 1.62 bits per heavy atom. The van der Waals surface area contributed by atoms with Gasteiger partial charge in [0.1, 0.15) is 5.82 Å². The minimum absolute atomic E-state index is 0.863. The van der Waals surface area contributed by atoms with Crippen LogP contribution in [0.3, 0.4) is 0 Å². The number of nitrogens with one attached hydrogen (secondary N) is 1. The van der Waals surface area contributed by atoms with Crippen molar-refractivity contribution in [3.8, 4) is 0 Å². The predicted octanol–water partition coefficient (Wildman–Crippen LogP) is 2.30. The van der Waals surface area contributed by atoms with E-state index in [1.54, 1.807) is 0 Å². The SMILES string of the molecule is C=CCSCCNCc1nccn1CCC. The molecule has 0 aliphatic rings. The molecule has 0 unspecified atom stereocenters. The molecule has 0 saturated heterocycles. The van der Waals surface area contributed by atoms with Gasteiger partial charge in [-0.2, -0.15) is 11.8 Å². The van der Waals surface area contributed by atoms with Gasteiger partial charge in [0.2, 0.25) is 0 Å². The molecule has 90 valence electrons. The molecular weight excluding hydrogens is 218 g/mol. The lowest BCUT2D eigenvalue weighted by molar-refractivity contribution is 0.600. The summed E-state index contributed by atoms with van der Waals surface area (Å²) < 4.78 is 2.21. The molecule has 1 rings (SSSR count). The maximum Gasteiger partial charge on any atom is 0.122 e. The van der Waals surface area contributed by atoms with Crippen LogP contribution in [-0.2, 0) is 13.1 Å². The van der Waals surface area contributed by atoms with Crippen molar-refractivity contribution >= 4 is 11.8 Å². The largest absolute Gasteiger partial charge is 0.334 e. The van der Waals surface area contributed by atoms with Crippen molar-refractivity contribution in [3.05, 3.63) is 30.9 Å². The van der Waals surface area contributed by atoms with Gasteiger partial charge in [-0.3, -0.25) is 0 Å². The third-order valence-corrected chi connectivity index (χ3v) is 3.17. The van der Waals surface area contributed by atoms with E-state index in [-0.39, 0.29) is 0 Å². The van der Waals surface area contributed by atoms with Gasteiger partial charge in [0.15, 0.2) is 0 Å². The Bertz CT molecular complexity index is 296. The maximum absolute atomic E-state index is 4.35. The first-order valence-electron chi connectivity index (χ1n) is 5.77. The molecule has 0 spiro atoms. The molecular formula is C12H21N3S. The first-order valence-corrected chi connectivity index (χ1v) is 6.93. The Balaban J connectivity index is 2.16. The van der Waals surface area contributed by atoms with Crippen LogP contribution >= 0.6 is 11.8 Å². The van der Waals surface area contributed by atoms with Crippen LogP contribution in [0.4, 0.5) is 0 Å². The highest BCUT2D eigenvalue weighted by atomic mass is 32.2. The fraction of sp³-hybridized carbons (Fsp3) is 0.583. The second-order valence-corrected chi connectivity index (χ2v) is 4.73. The number of imidazole rings is 1. The summed E-state index contributed by atoms with van der Waals surface area (Å²) in [6.07, 6.45) is 7.02. The predicted molar refractivity (Wildman–Crippen MR) is 71.7 cm³/mol. The third-order valence-electron chi connectivity index (χ3n) is 2.21. The smallest absolute Gasteiger partial charge is 0.122 e. The normalized spacial score (nSPS) is 10.6. The number of rotatable bonds is 9. The Kier molecular flexibility index (Phi) is 7.01. The van der Waals surface area contributed by atoms with Crippen molar-refractivity contribution in [2.75, 3.05) is 18.1 Å². The quantitative estimate of drug-likeness (QED) is 0.530. The summed E-state index contributed by atoms with van der Waals surface area (Å²) in [5.74, 6) is 3.29. The zero-order valence-corrected chi connectivity index (χ0v) is 10.8. The maximum atomic E-state index is 4.35. The lowest BCUT2D eigenvalue weighted by Gasteiger charge is -2.07. The van der Waals surface area contributed by atoms with Crippen molar-refractivity contribution < 1.29 is 0 Å². The van der Waals surface area contributed by atoms with Crippen LogP contribution in [0.2, 0.25) is 0 Å². The molecule has 0 amide bonds. The molecule has 3 nitrogen and oxygen atoms in total. The van der Waals surface area contributed by atoms with Gasteiger partial charge < -0.3 is 9.88 Å². The molecule has 1 heterocycles. The first kappa shape index (κ1) is 13.3.